The Labute approximate surface area is 114 Å². The van der Waals surface area contributed by atoms with E-state index in [1.807, 2.05) is 13.0 Å². The van der Waals surface area contributed by atoms with Crippen molar-refractivity contribution < 1.29 is 9.84 Å². The van der Waals surface area contributed by atoms with Gasteiger partial charge in [-0.3, -0.25) is 0 Å². The maximum absolute atomic E-state index is 10.7. The second kappa shape index (κ2) is 5.72. The van der Waals surface area contributed by atoms with Crippen LogP contribution in [0.3, 0.4) is 0 Å². The third kappa shape index (κ3) is 2.79. The number of aliphatic hydroxyl groups excluding tert-OH is 1. The lowest BCUT2D eigenvalue weighted by Gasteiger charge is -2.42. The summed E-state index contributed by atoms with van der Waals surface area (Å²) < 4.78 is 6.02. The molecule has 2 nitrogen and oxygen atoms in total. The molecular formula is C15H24O2S. The summed E-state index contributed by atoms with van der Waals surface area (Å²) >= 11 is 1.69. The Hall–Kier alpha value is -0.380. The number of hydrogen-bond donors (Lipinski definition) is 1. The molecule has 1 saturated carbocycles. The van der Waals surface area contributed by atoms with Gasteiger partial charge in [0.15, 0.2) is 0 Å². The summed E-state index contributed by atoms with van der Waals surface area (Å²) in [4.78, 5) is 2.30. The molecular weight excluding hydrogens is 244 g/mol. The minimum Gasteiger partial charge on any atom is -0.385 e. The van der Waals surface area contributed by atoms with Gasteiger partial charge in [0, 0.05) is 16.4 Å². The molecule has 1 aromatic heterocycles. The molecule has 18 heavy (non-hydrogen) atoms. The fourth-order valence-corrected chi connectivity index (χ4v) is 4.12. The topological polar surface area (TPSA) is 29.5 Å². The Bertz CT molecular complexity index is 384. The van der Waals surface area contributed by atoms with Gasteiger partial charge in [-0.05, 0) is 44.7 Å². The third-order valence-corrected chi connectivity index (χ3v) is 5.00. The van der Waals surface area contributed by atoms with Gasteiger partial charge in [-0.1, -0.05) is 19.8 Å². The van der Waals surface area contributed by atoms with Gasteiger partial charge in [-0.25, -0.2) is 0 Å². The quantitative estimate of drug-likeness (QED) is 0.891. The summed E-state index contributed by atoms with van der Waals surface area (Å²) in [5.74, 6) is 0.640. The van der Waals surface area contributed by atoms with Crippen molar-refractivity contribution in [3.05, 3.63) is 21.9 Å². The second-order valence-electron chi connectivity index (χ2n) is 5.55. The summed E-state index contributed by atoms with van der Waals surface area (Å²) in [5, 5.41) is 10.7. The zero-order valence-corrected chi connectivity index (χ0v) is 12.4. The van der Waals surface area contributed by atoms with Crippen molar-refractivity contribution in [3.8, 4) is 0 Å². The Kier molecular flexibility index (Phi) is 4.46. The van der Waals surface area contributed by atoms with Crippen molar-refractivity contribution in [2.75, 3.05) is 6.61 Å². The summed E-state index contributed by atoms with van der Waals surface area (Å²) in [6.45, 7) is 7.04. The van der Waals surface area contributed by atoms with Gasteiger partial charge in [-0.2, -0.15) is 0 Å². The molecule has 0 saturated heterocycles. The summed E-state index contributed by atoms with van der Waals surface area (Å²) in [7, 11) is 0. The fraction of sp³-hybridized carbons (Fsp3) is 0.733. The second-order valence-corrected chi connectivity index (χ2v) is 6.87. The van der Waals surface area contributed by atoms with Crippen LogP contribution >= 0.6 is 11.3 Å². The van der Waals surface area contributed by atoms with Crippen LogP contribution in [0.25, 0.3) is 0 Å². The smallest absolute Gasteiger partial charge is 0.117 e. The van der Waals surface area contributed by atoms with Crippen molar-refractivity contribution in [2.45, 2.75) is 58.2 Å². The monoisotopic (exact) mass is 268 g/mol. The van der Waals surface area contributed by atoms with Crippen LogP contribution in [0.1, 0.15) is 55.4 Å². The molecule has 0 amide bonds. The highest BCUT2D eigenvalue weighted by Gasteiger charge is 2.43. The first kappa shape index (κ1) is 14.0. The average Bonchev–Trinajstić information content (AvgIpc) is 2.75. The minimum absolute atomic E-state index is 0.357. The highest BCUT2D eigenvalue weighted by Crippen LogP contribution is 2.44. The largest absolute Gasteiger partial charge is 0.385 e. The van der Waals surface area contributed by atoms with E-state index < -0.39 is 6.10 Å². The highest BCUT2D eigenvalue weighted by atomic mass is 32.1. The molecule has 3 atom stereocenters. The number of thiophene rings is 1. The van der Waals surface area contributed by atoms with Crippen molar-refractivity contribution >= 4 is 11.3 Å². The van der Waals surface area contributed by atoms with E-state index >= 15 is 0 Å². The van der Waals surface area contributed by atoms with Gasteiger partial charge < -0.3 is 9.84 Å². The van der Waals surface area contributed by atoms with Crippen LogP contribution in [-0.2, 0) is 4.74 Å². The number of hydrogen-bond acceptors (Lipinski definition) is 3. The predicted molar refractivity (Wildman–Crippen MR) is 76.0 cm³/mol. The molecule has 1 fully saturated rings. The van der Waals surface area contributed by atoms with Crippen molar-refractivity contribution in [3.63, 3.8) is 0 Å². The zero-order chi connectivity index (χ0) is 13.2. The molecule has 3 heteroatoms. The molecule has 102 valence electrons. The number of rotatable bonds is 4. The number of aliphatic hydroxyl groups is 1. The van der Waals surface area contributed by atoms with Gasteiger partial charge in [0.25, 0.3) is 0 Å². The molecule has 0 radical (unpaired) electrons. The lowest BCUT2D eigenvalue weighted by molar-refractivity contribution is -0.148. The van der Waals surface area contributed by atoms with Gasteiger partial charge in [0.1, 0.15) is 6.10 Å². The molecule has 1 aromatic rings. The predicted octanol–water partition coefficient (Wildman–Crippen LogP) is 4.08. The van der Waals surface area contributed by atoms with Crippen molar-refractivity contribution in [1.29, 1.82) is 0 Å². The summed E-state index contributed by atoms with van der Waals surface area (Å²) in [6, 6.07) is 4.12. The van der Waals surface area contributed by atoms with Crippen LogP contribution in [0.5, 0.6) is 0 Å². The molecule has 1 aliphatic rings. The van der Waals surface area contributed by atoms with E-state index in [0.29, 0.717) is 12.5 Å². The van der Waals surface area contributed by atoms with Gasteiger partial charge >= 0.3 is 0 Å². The average molecular weight is 268 g/mol. The van der Waals surface area contributed by atoms with Crippen LogP contribution < -0.4 is 0 Å². The Morgan fingerprint density at radius 3 is 2.89 bits per heavy atom. The fourth-order valence-electron chi connectivity index (χ4n) is 3.15. The zero-order valence-electron chi connectivity index (χ0n) is 11.6. The number of aryl methyl sites for hydroxylation is 1. The molecule has 0 aliphatic heterocycles. The van der Waals surface area contributed by atoms with E-state index in [9.17, 15) is 5.11 Å². The maximum Gasteiger partial charge on any atom is 0.117 e. The number of ether oxygens (including phenoxy) is 1. The highest BCUT2D eigenvalue weighted by molar-refractivity contribution is 7.12. The maximum atomic E-state index is 10.7. The van der Waals surface area contributed by atoms with E-state index in [4.69, 9.17) is 4.74 Å². The van der Waals surface area contributed by atoms with Crippen LogP contribution in [0.4, 0.5) is 0 Å². The molecule has 1 N–H and O–H groups in total. The normalized spacial score (nSPS) is 30.3. The Morgan fingerprint density at radius 1 is 1.56 bits per heavy atom. The lowest BCUT2D eigenvalue weighted by atomic mass is 9.75. The first-order valence-electron chi connectivity index (χ1n) is 6.96. The van der Waals surface area contributed by atoms with E-state index in [1.54, 1.807) is 11.3 Å². The molecule has 3 unspecified atom stereocenters. The minimum atomic E-state index is -0.473. The van der Waals surface area contributed by atoms with Crippen LogP contribution in [0, 0.1) is 12.8 Å². The summed E-state index contributed by atoms with van der Waals surface area (Å²) in [5.41, 5.74) is -0.357. The molecule has 0 bridgehead atoms. The Balaban J connectivity index is 2.23. The van der Waals surface area contributed by atoms with E-state index in [2.05, 4.69) is 19.9 Å². The van der Waals surface area contributed by atoms with Crippen LogP contribution in [0.2, 0.25) is 0 Å². The Morgan fingerprint density at radius 2 is 2.33 bits per heavy atom. The van der Waals surface area contributed by atoms with Crippen LogP contribution in [0.15, 0.2) is 12.1 Å². The third-order valence-electron chi connectivity index (χ3n) is 3.95. The van der Waals surface area contributed by atoms with Gasteiger partial charge in [-0.15, -0.1) is 11.3 Å². The van der Waals surface area contributed by atoms with E-state index in [1.165, 1.54) is 11.3 Å². The van der Waals surface area contributed by atoms with E-state index in [-0.39, 0.29) is 5.60 Å². The standard InChI is InChI=1S/C15H24O2S/c1-4-17-15(9-5-6-11(2)10-15)14(16)13-8-7-12(3)18-13/h7-8,11,14,16H,4-6,9-10H2,1-3H3. The SMILES string of the molecule is CCOC1(C(O)c2ccc(C)s2)CCCC(C)C1. The molecule has 1 aliphatic carbocycles. The molecule has 0 spiro atoms. The first-order chi connectivity index (χ1) is 8.57. The summed E-state index contributed by atoms with van der Waals surface area (Å²) in [6.07, 6.45) is 3.88. The van der Waals surface area contributed by atoms with Gasteiger partial charge in [0.2, 0.25) is 0 Å². The van der Waals surface area contributed by atoms with Crippen molar-refractivity contribution in [1.82, 2.24) is 0 Å². The lowest BCUT2D eigenvalue weighted by Crippen LogP contribution is -2.43. The molecule has 1 heterocycles. The molecule has 2 rings (SSSR count). The van der Waals surface area contributed by atoms with Gasteiger partial charge in [0.05, 0.1) is 5.60 Å². The first-order valence-corrected chi connectivity index (χ1v) is 7.77. The van der Waals surface area contributed by atoms with Crippen LogP contribution in [-0.4, -0.2) is 17.3 Å². The van der Waals surface area contributed by atoms with Crippen molar-refractivity contribution in [2.24, 2.45) is 5.92 Å². The van der Waals surface area contributed by atoms with E-state index in [0.717, 1.165) is 24.1 Å². The molecule has 0 aromatic carbocycles.